The fraction of sp³-hybridized carbons (Fsp3) is 0.333. The Bertz CT molecular complexity index is 288. The molecule has 0 saturated heterocycles. The quantitative estimate of drug-likeness (QED) is 0.556. The molecule has 7 heteroatoms. The molecule has 0 aliphatic carbocycles. The monoisotopic (exact) mass is 207 g/mol. The van der Waals surface area contributed by atoms with E-state index in [1.54, 1.807) is 0 Å². The minimum Gasteiger partial charge on any atom is -0.404 e. The second-order valence-corrected chi connectivity index (χ2v) is 2.28. The summed E-state index contributed by atoms with van der Waals surface area (Å²) in [4.78, 5) is 9.55. The van der Waals surface area contributed by atoms with Crippen molar-refractivity contribution in [1.29, 1.82) is 0 Å². The van der Waals surface area contributed by atoms with Gasteiger partial charge in [0.05, 0.1) is 12.1 Å². The van der Waals surface area contributed by atoms with Crippen molar-refractivity contribution in [3.63, 3.8) is 0 Å². The van der Waals surface area contributed by atoms with Crippen LogP contribution < -0.4 is 11.5 Å². The summed E-state index contributed by atoms with van der Waals surface area (Å²) in [5.41, 5.74) is 10.7. The van der Waals surface area contributed by atoms with Crippen LogP contribution in [0.5, 0.6) is 0 Å². The van der Waals surface area contributed by atoms with E-state index in [4.69, 9.17) is 15.9 Å². The van der Waals surface area contributed by atoms with E-state index < -0.39 is 11.0 Å². The van der Waals surface area contributed by atoms with Crippen LogP contribution in [-0.4, -0.2) is 11.5 Å². The molecule has 1 rings (SSSR count). The molecule has 0 unspecified atom stereocenters. The molecule has 1 atom stereocenters. The molecule has 1 heterocycles. The Morgan fingerprint density at radius 1 is 1.62 bits per heavy atom. The van der Waals surface area contributed by atoms with Crippen molar-refractivity contribution in [2.24, 2.45) is 11.5 Å². The minimum atomic E-state index is -0.618. The molecule has 0 fully saturated rings. The van der Waals surface area contributed by atoms with Crippen LogP contribution in [0.4, 0.5) is 5.88 Å². The number of hydrogen-bond donors (Lipinski definition) is 2. The lowest BCUT2D eigenvalue weighted by Crippen LogP contribution is -2.19. The number of nitrogens with zero attached hydrogens (tertiary/aromatic N) is 1. The molecule has 1 aromatic rings. The predicted molar refractivity (Wildman–Crippen MR) is 48.6 cm³/mol. The van der Waals surface area contributed by atoms with Gasteiger partial charge in [0.2, 0.25) is 0 Å². The molecule has 4 N–H and O–H groups in total. The van der Waals surface area contributed by atoms with Crippen LogP contribution in [-0.2, 0) is 0 Å². The summed E-state index contributed by atoms with van der Waals surface area (Å²) in [5.74, 6) is 0.0260. The van der Waals surface area contributed by atoms with E-state index in [-0.39, 0.29) is 24.8 Å². The number of furan rings is 1. The summed E-state index contributed by atoms with van der Waals surface area (Å²) in [6.07, 6.45) is 0. The van der Waals surface area contributed by atoms with Crippen LogP contribution in [0, 0.1) is 10.1 Å². The maximum atomic E-state index is 10.2. The van der Waals surface area contributed by atoms with E-state index in [0.717, 1.165) is 0 Å². The number of rotatable bonds is 3. The summed E-state index contributed by atoms with van der Waals surface area (Å²) in [7, 11) is 0. The third-order valence-electron chi connectivity index (χ3n) is 1.41. The van der Waals surface area contributed by atoms with E-state index >= 15 is 0 Å². The van der Waals surface area contributed by atoms with Crippen LogP contribution in [0.1, 0.15) is 11.8 Å². The van der Waals surface area contributed by atoms with Crippen molar-refractivity contribution in [2.45, 2.75) is 6.04 Å². The van der Waals surface area contributed by atoms with Gasteiger partial charge in [-0.25, -0.2) is 0 Å². The summed E-state index contributed by atoms with van der Waals surface area (Å²) in [6.45, 7) is 0.199. The van der Waals surface area contributed by atoms with Crippen molar-refractivity contribution < 1.29 is 9.34 Å². The third kappa shape index (κ3) is 2.69. The van der Waals surface area contributed by atoms with Gasteiger partial charge in [0, 0.05) is 6.54 Å². The van der Waals surface area contributed by atoms with Gasteiger partial charge in [0.15, 0.2) is 0 Å². The van der Waals surface area contributed by atoms with Crippen molar-refractivity contribution in [3.05, 3.63) is 28.0 Å². The van der Waals surface area contributed by atoms with Gasteiger partial charge >= 0.3 is 5.88 Å². The van der Waals surface area contributed by atoms with Crippen molar-refractivity contribution in [3.8, 4) is 0 Å². The Morgan fingerprint density at radius 3 is 2.62 bits per heavy atom. The van der Waals surface area contributed by atoms with Crippen LogP contribution in [0.2, 0.25) is 0 Å². The zero-order chi connectivity index (χ0) is 9.14. The van der Waals surface area contributed by atoms with Gasteiger partial charge in [-0.3, -0.25) is 10.1 Å². The van der Waals surface area contributed by atoms with Gasteiger partial charge in [0.25, 0.3) is 0 Å². The molecule has 0 saturated carbocycles. The number of nitrogens with two attached hydrogens (primary N) is 2. The highest BCUT2D eigenvalue weighted by Crippen LogP contribution is 2.19. The van der Waals surface area contributed by atoms with Gasteiger partial charge in [0.1, 0.15) is 10.7 Å². The molecule has 0 bridgehead atoms. The summed E-state index contributed by atoms with van der Waals surface area (Å²) < 4.78 is 4.79. The number of hydrogen-bond acceptors (Lipinski definition) is 5. The van der Waals surface area contributed by atoms with E-state index in [2.05, 4.69) is 0 Å². The molecule has 0 aromatic carbocycles. The summed E-state index contributed by atoms with van der Waals surface area (Å²) in [6, 6.07) is 2.24. The third-order valence-corrected chi connectivity index (χ3v) is 1.41. The lowest BCUT2D eigenvalue weighted by atomic mass is 10.2. The molecule has 6 nitrogen and oxygen atoms in total. The zero-order valence-corrected chi connectivity index (χ0v) is 7.49. The van der Waals surface area contributed by atoms with Crippen LogP contribution in [0.15, 0.2) is 16.5 Å². The van der Waals surface area contributed by atoms with Crippen molar-refractivity contribution >= 4 is 18.3 Å². The first kappa shape index (κ1) is 11.9. The highest BCUT2D eigenvalue weighted by molar-refractivity contribution is 5.85. The summed E-state index contributed by atoms with van der Waals surface area (Å²) >= 11 is 0. The molecule has 0 amide bonds. The van der Waals surface area contributed by atoms with Crippen LogP contribution in [0.3, 0.4) is 0 Å². The first-order valence-corrected chi connectivity index (χ1v) is 3.35. The molecule has 0 radical (unpaired) electrons. The number of nitro groups is 1. The second-order valence-electron chi connectivity index (χ2n) is 2.28. The summed E-state index contributed by atoms with van der Waals surface area (Å²) in [5, 5.41) is 10.2. The van der Waals surface area contributed by atoms with Crippen LogP contribution >= 0.6 is 12.4 Å². The number of halogens is 1. The Hall–Kier alpha value is -1.11. The Morgan fingerprint density at radius 2 is 2.23 bits per heavy atom. The Balaban J connectivity index is 0.00000144. The average molecular weight is 208 g/mol. The first-order chi connectivity index (χ1) is 5.65. The van der Waals surface area contributed by atoms with Gasteiger partial charge in [-0.05, 0) is 6.07 Å². The van der Waals surface area contributed by atoms with Gasteiger partial charge in [-0.15, -0.1) is 12.4 Å². The van der Waals surface area contributed by atoms with E-state index in [0.29, 0.717) is 5.76 Å². The Labute approximate surface area is 80.4 Å². The SMILES string of the molecule is Cl.NC[C@H](N)c1ccc([N+](=O)[O-])o1. The average Bonchev–Trinajstić information content (AvgIpc) is 2.51. The smallest absolute Gasteiger partial charge is 0.404 e. The maximum absolute atomic E-state index is 10.2. The lowest BCUT2D eigenvalue weighted by Gasteiger charge is -2.01. The topological polar surface area (TPSA) is 108 Å². The first-order valence-electron chi connectivity index (χ1n) is 3.35. The minimum absolute atomic E-state index is 0. The molecule has 1 aromatic heterocycles. The fourth-order valence-corrected chi connectivity index (χ4v) is 0.756. The lowest BCUT2D eigenvalue weighted by molar-refractivity contribution is -0.402. The Kier molecular flexibility index (Phi) is 4.39. The van der Waals surface area contributed by atoms with Gasteiger partial charge in [-0.2, -0.15) is 0 Å². The molecule has 74 valence electrons. The van der Waals surface area contributed by atoms with Crippen LogP contribution in [0.25, 0.3) is 0 Å². The van der Waals surface area contributed by atoms with Gasteiger partial charge in [-0.1, -0.05) is 0 Å². The molecule has 13 heavy (non-hydrogen) atoms. The zero-order valence-electron chi connectivity index (χ0n) is 6.67. The second kappa shape index (κ2) is 4.80. The molecule has 0 aliphatic rings. The van der Waals surface area contributed by atoms with Gasteiger partial charge < -0.3 is 15.9 Å². The molecule has 0 aliphatic heterocycles. The highest BCUT2D eigenvalue weighted by atomic mass is 35.5. The standard InChI is InChI=1S/C6H9N3O3.ClH/c7-3-4(8)5-1-2-6(12-5)9(10)11;/h1-2,4H,3,7-8H2;1H/t4-;/m0./s1. The molecular formula is C6H10ClN3O3. The highest BCUT2D eigenvalue weighted by Gasteiger charge is 2.15. The predicted octanol–water partition coefficient (Wildman–Crippen LogP) is 0.568. The largest absolute Gasteiger partial charge is 0.433 e. The normalized spacial score (nSPS) is 11.8. The van der Waals surface area contributed by atoms with E-state index in [1.807, 2.05) is 0 Å². The van der Waals surface area contributed by atoms with E-state index in [9.17, 15) is 10.1 Å². The van der Waals surface area contributed by atoms with Crippen molar-refractivity contribution in [2.75, 3.05) is 6.54 Å². The molecular weight excluding hydrogens is 198 g/mol. The van der Waals surface area contributed by atoms with Crippen molar-refractivity contribution in [1.82, 2.24) is 0 Å². The fourth-order valence-electron chi connectivity index (χ4n) is 0.756. The molecule has 0 spiro atoms. The van der Waals surface area contributed by atoms with E-state index in [1.165, 1.54) is 12.1 Å². The maximum Gasteiger partial charge on any atom is 0.433 e.